The Balaban J connectivity index is 1.43. The first kappa shape index (κ1) is 17.3. The molecule has 1 N–H and O–H groups in total. The third-order valence-corrected chi connectivity index (χ3v) is 5.04. The quantitative estimate of drug-likeness (QED) is 0.894. The maximum absolute atomic E-state index is 12.5. The van der Waals surface area contributed by atoms with Gasteiger partial charge in [-0.15, -0.1) is 0 Å². The highest BCUT2D eigenvalue weighted by atomic mass is 35.5. The van der Waals surface area contributed by atoms with E-state index in [0.717, 1.165) is 31.6 Å². The number of amides is 1. The summed E-state index contributed by atoms with van der Waals surface area (Å²) in [5.41, 5.74) is 2.15. The number of carbonyl (C=O) groups excluding carboxylic acids is 1. The Labute approximate surface area is 157 Å². The van der Waals surface area contributed by atoms with Crippen LogP contribution in [0.3, 0.4) is 0 Å². The van der Waals surface area contributed by atoms with E-state index in [2.05, 4.69) is 15.2 Å². The molecule has 1 spiro atoms. The van der Waals surface area contributed by atoms with Crippen molar-refractivity contribution in [2.75, 3.05) is 36.5 Å². The highest BCUT2D eigenvalue weighted by Crippen LogP contribution is 2.33. The highest BCUT2D eigenvalue weighted by Gasteiger charge is 2.39. The molecule has 4 rings (SSSR count). The van der Waals surface area contributed by atoms with Gasteiger partial charge >= 0.3 is 0 Å². The van der Waals surface area contributed by atoms with Crippen LogP contribution in [0.5, 0.6) is 0 Å². The summed E-state index contributed by atoms with van der Waals surface area (Å²) in [5.74, 6) is -0.606. The standard InChI is InChI=1S/C19H20ClN3O3/c20-15-1-3-16(4-2-15)22-18(24)14-11-17(13-21-12-14)23-7-5-19(6-8-23)25-9-10-26-19/h1-4,11-13H,5-10H2,(H,22,24). The summed E-state index contributed by atoms with van der Waals surface area (Å²) in [6.07, 6.45) is 4.99. The molecular formula is C19H20ClN3O3. The number of hydrogen-bond donors (Lipinski definition) is 1. The van der Waals surface area contributed by atoms with E-state index in [1.54, 1.807) is 36.7 Å². The van der Waals surface area contributed by atoms with Crippen molar-refractivity contribution in [2.24, 2.45) is 0 Å². The molecule has 0 aliphatic carbocycles. The van der Waals surface area contributed by atoms with E-state index < -0.39 is 5.79 Å². The summed E-state index contributed by atoms with van der Waals surface area (Å²) in [6, 6.07) is 8.88. The second kappa shape index (κ2) is 7.23. The molecule has 2 saturated heterocycles. The van der Waals surface area contributed by atoms with Crippen molar-refractivity contribution in [1.82, 2.24) is 4.98 Å². The van der Waals surface area contributed by atoms with Crippen LogP contribution in [-0.4, -0.2) is 43.0 Å². The summed E-state index contributed by atoms with van der Waals surface area (Å²) in [7, 11) is 0. The van der Waals surface area contributed by atoms with Crippen LogP contribution in [0.1, 0.15) is 23.2 Å². The summed E-state index contributed by atoms with van der Waals surface area (Å²) in [5, 5.41) is 3.49. The monoisotopic (exact) mass is 373 g/mol. The molecule has 3 heterocycles. The van der Waals surface area contributed by atoms with Crippen LogP contribution in [-0.2, 0) is 9.47 Å². The molecule has 136 valence electrons. The molecule has 0 atom stereocenters. The number of carbonyl (C=O) groups is 1. The number of pyridine rings is 1. The maximum Gasteiger partial charge on any atom is 0.257 e. The second-order valence-corrected chi connectivity index (χ2v) is 6.92. The Morgan fingerprint density at radius 3 is 2.50 bits per heavy atom. The Morgan fingerprint density at radius 2 is 1.81 bits per heavy atom. The van der Waals surface area contributed by atoms with Gasteiger partial charge in [-0.1, -0.05) is 11.6 Å². The van der Waals surface area contributed by atoms with Crippen molar-refractivity contribution in [1.29, 1.82) is 0 Å². The summed E-state index contributed by atoms with van der Waals surface area (Å²) >= 11 is 5.87. The lowest BCUT2D eigenvalue weighted by molar-refractivity contribution is -0.169. The van der Waals surface area contributed by atoms with Crippen LogP contribution in [0.4, 0.5) is 11.4 Å². The molecule has 6 nitrogen and oxygen atoms in total. The van der Waals surface area contributed by atoms with Crippen molar-refractivity contribution >= 4 is 28.9 Å². The van der Waals surface area contributed by atoms with Crippen LogP contribution >= 0.6 is 11.6 Å². The number of ether oxygens (including phenoxy) is 2. The fourth-order valence-corrected chi connectivity index (χ4v) is 3.48. The topological polar surface area (TPSA) is 63.7 Å². The number of halogens is 1. The minimum Gasteiger partial charge on any atom is -0.370 e. The maximum atomic E-state index is 12.5. The van der Waals surface area contributed by atoms with E-state index in [-0.39, 0.29) is 5.91 Å². The molecular weight excluding hydrogens is 354 g/mol. The van der Waals surface area contributed by atoms with Crippen LogP contribution in [0.15, 0.2) is 42.7 Å². The molecule has 2 aliphatic rings. The number of rotatable bonds is 3. The normalized spacial score (nSPS) is 18.9. The number of aromatic nitrogens is 1. The van der Waals surface area contributed by atoms with Crippen LogP contribution in [0.25, 0.3) is 0 Å². The number of anilines is 2. The molecule has 2 fully saturated rings. The molecule has 0 unspecified atom stereocenters. The van der Waals surface area contributed by atoms with Crippen molar-refractivity contribution in [3.63, 3.8) is 0 Å². The van der Waals surface area contributed by atoms with Gasteiger partial charge in [-0.2, -0.15) is 0 Å². The number of nitrogens with one attached hydrogen (secondary N) is 1. The van der Waals surface area contributed by atoms with E-state index in [1.807, 2.05) is 6.07 Å². The van der Waals surface area contributed by atoms with Gasteiger partial charge < -0.3 is 19.7 Å². The third kappa shape index (κ3) is 3.67. The van der Waals surface area contributed by atoms with E-state index in [4.69, 9.17) is 21.1 Å². The highest BCUT2D eigenvalue weighted by molar-refractivity contribution is 6.30. The zero-order chi connectivity index (χ0) is 18.0. The lowest BCUT2D eigenvalue weighted by Gasteiger charge is -2.38. The van der Waals surface area contributed by atoms with Gasteiger partial charge in [0.15, 0.2) is 5.79 Å². The van der Waals surface area contributed by atoms with Crippen molar-refractivity contribution in [2.45, 2.75) is 18.6 Å². The molecule has 2 aromatic rings. The van der Waals surface area contributed by atoms with Crippen LogP contribution in [0, 0.1) is 0 Å². The lowest BCUT2D eigenvalue weighted by atomic mass is 10.0. The third-order valence-electron chi connectivity index (χ3n) is 4.79. The van der Waals surface area contributed by atoms with Gasteiger partial charge in [-0.3, -0.25) is 9.78 Å². The van der Waals surface area contributed by atoms with Gasteiger partial charge in [0.1, 0.15) is 0 Å². The average molecular weight is 374 g/mol. The van der Waals surface area contributed by atoms with Crippen molar-refractivity contribution in [3.8, 4) is 0 Å². The lowest BCUT2D eigenvalue weighted by Crippen LogP contribution is -2.45. The van der Waals surface area contributed by atoms with E-state index in [9.17, 15) is 4.79 Å². The minimum absolute atomic E-state index is 0.197. The average Bonchev–Trinajstić information content (AvgIpc) is 3.12. The van der Waals surface area contributed by atoms with Gasteiger partial charge in [0.2, 0.25) is 0 Å². The predicted molar refractivity (Wildman–Crippen MR) is 99.7 cm³/mol. The molecule has 26 heavy (non-hydrogen) atoms. The number of nitrogens with zero attached hydrogens (tertiary/aromatic N) is 2. The SMILES string of the molecule is O=C(Nc1ccc(Cl)cc1)c1cncc(N2CCC3(CC2)OCCO3)c1. The van der Waals surface area contributed by atoms with Gasteiger partial charge in [-0.25, -0.2) is 0 Å². The molecule has 1 aromatic heterocycles. The first-order chi connectivity index (χ1) is 12.6. The number of benzene rings is 1. The predicted octanol–water partition coefficient (Wildman–Crippen LogP) is 3.33. The van der Waals surface area contributed by atoms with Crippen molar-refractivity contribution < 1.29 is 14.3 Å². The molecule has 1 aromatic carbocycles. The van der Waals surface area contributed by atoms with E-state index in [0.29, 0.717) is 29.5 Å². The van der Waals surface area contributed by atoms with E-state index in [1.165, 1.54) is 0 Å². The zero-order valence-corrected chi connectivity index (χ0v) is 15.0. The Kier molecular flexibility index (Phi) is 4.80. The van der Waals surface area contributed by atoms with Crippen LogP contribution < -0.4 is 10.2 Å². The Morgan fingerprint density at radius 1 is 1.12 bits per heavy atom. The fraction of sp³-hybridized carbons (Fsp3) is 0.368. The summed E-state index contributed by atoms with van der Waals surface area (Å²) in [4.78, 5) is 18.9. The molecule has 0 saturated carbocycles. The summed E-state index contributed by atoms with van der Waals surface area (Å²) in [6.45, 7) is 2.96. The molecule has 7 heteroatoms. The first-order valence-corrected chi connectivity index (χ1v) is 9.06. The zero-order valence-electron chi connectivity index (χ0n) is 14.3. The Bertz CT molecular complexity index is 781. The smallest absolute Gasteiger partial charge is 0.257 e. The largest absolute Gasteiger partial charge is 0.370 e. The molecule has 0 bridgehead atoms. The number of piperidine rings is 1. The van der Waals surface area contributed by atoms with Gasteiger partial charge in [0, 0.05) is 42.8 Å². The van der Waals surface area contributed by atoms with Gasteiger partial charge in [0.05, 0.1) is 30.7 Å². The van der Waals surface area contributed by atoms with E-state index >= 15 is 0 Å². The molecule has 0 radical (unpaired) electrons. The Hall–Kier alpha value is -2.15. The van der Waals surface area contributed by atoms with Crippen LogP contribution in [0.2, 0.25) is 5.02 Å². The fourth-order valence-electron chi connectivity index (χ4n) is 3.35. The summed E-state index contributed by atoms with van der Waals surface area (Å²) < 4.78 is 11.5. The molecule has 1 amide bonds. The number of hydrogen-bond acceptors (Lipinski definition) is 5. The molecule has 2 aliphatic heterocycles. The minimum atomic E-state index is -0.409. The van der Waals surface area contributed by atoms with Gasteiger partial charge in [-0.05, 0) is 30.3 Å². The van der Waals surface area contributed by atoms with Crippen molar-refractivity contribution in [3.05, 3.63) is 53.3 Å². The van der Waals surface area contributed by atoms with Gasteiger partial charge in [0.25, 0.3) is 5.91 Å². The second-order valence-electron chi connectivity index (χ2n) is 6.49. The first-order valence-electron chi connectivity index (χ1n) is 8.68.